The van der Waals surface area contributed by atoms with Gasteiger partial charge in [-0.1, -0.05) is 6.07 Å². The van der Waals surface area contributed by atoms with Gasteiger partial charge in [-0.05, 0) is 63.1 Å². The van der Waals surface area contributed by atoms with Crippen molar-refractivity contribution < 1.29 is 14.4 Å². The molecule has 134 valence electrons. The maximum Gasteiger partial charge on any atom is 0.253 e. The third-order valence-electron chi connectivity index (χ3n) is 5.21. The Bertz CT molecular complexity index is 694. The lowest BCUT2D eigenvalue weighted by Crippen LogP contribution is -2.45. The van der Waals surface area contributed by atoms with Crippen molar-refractivity contribution in [2.45, 2.75) is 39.5 Å². The van der Waals surface area contributed by atoms with Gasteiger partial charge in [-0.25, -0.2) is 0 Å². The van der Waals surface area contributed by atoms with Gasteiger partial charge in [0.25, 0.3) is 5.91 Å². The molecule has 0 spiro atoms. The maximum atomic E-state index is 12.8. The summed E-state index contributed by atoms with van der Waals surface area (Å²) in [7, 11) is 0. The summed E-state index contributed by atoms with van der Waals surface area (Å²) in [5, 5.41) is 3.02. The summed E-state index contributed by atoms with van der Waals surface area (Å²) < 4.78 is 0. The Morgan fingerprint density at radius 1 is 1.20 bits per heavy atom. The molecule has 1 saturated carbocycles. The van der Waals surface area contributed by atoms with Crippen molar-refractivity contribution in [3.8, 4) is 0 Å². The van der Waals surface area contributed by atoms with E-state index >= 15 is 0 Å². The number of likely N-dealkylation sites (tertiary alicyclic amines) is 1. The second-order valence-electron chi connectivity index (χ2n) is 7.36. The van der Waals surface area contributed by atoms with E-state index in [0.29, 0.717) is 30.1 Å². The van der Waals surface area contributed by atoms with Crippen molar-refractivity contribution in [3.63, 3.8) is 0 Å². The minimum Gasteiger partial charge on any atom is -0.356 e. The molecule has 0 radical (unpaired) electrons. The number of Topliss-reactive ketones (excluding diaryl/α,β-unsaturated/α-hetero) is 1. The maximum absolute atomic E-state index is 12.8. The van der Waals surface area contributed by atoms with Crippen molar-refractivity contribution in [1.82, 2.24) is 10.2 Å². The molecule has 2 amide bonds. The van der Waals surface area contributed by atoms with E-state index in [-0.39, 0.29) is 23.5 Å². The largest absolute Gasteiger partial charge is 0.356 e. The van der Waals surface area contributed by atoms with Crippen LogP contribution in [0.15, 0.2) is 18.2 Å². The van der Waals surface area contributed by atoms with E-state index in [4.69, 9.17) is 0 Å². The summed E-state index contributed by atoms with van der Waals surface area (Å²) in [6.07, 6.45) is 4.08. The number of carbonyl (C=O) groups is 3. The molecule has 1 aliphatic heterocycles. The van der Waals surface area contributed by atoms with Crippen molar-refractivity contribution in [1.29, 1.82) is 0 Å². The van der Waals surface area contributed by atoms with Crippen LogP contribution in [-0.2, 0) is 4.79 Å². The summed E-state index contributed by atoms with van der Waals surface area (Å²) >= 11 is 0. The smallest absolute Gasteiger partial charge is 0.253 e. The van der Waals surface area contributed by atoms with E-state index < -0.39 is 0 Å². The zero-order valence-corrected chi connectivity index (χ0v) is 15.0. The summed E-state index contributed by atoms with van der Waals surface area (Å²) in [6.45, 7) is 5.26. The van der Waals surface area contributed by atoms with Crippen molar-refractivity contribution in [3.05, 3.63) is 34.9 Å². The molecule has 0 aromatic heterocycles. The van der Waals surface area contributed by atoms with Crippen LogP contribution in [0.1, 0.15) is 58.9 Å². The number of rotatable bonds is 5. The Morgan fingerprint density at radius 2 is 1.96 bits per heavy atom. The summed E-state index contributed by atoms with van der Waals surface area (Å²) in [4.78, 5) is 38.6. The van der Waals surface area contributed by atoms with Crippen molar-refractivity contribution in [2.24, 2.45) is 11.8 Å². The Labute approximate surface area is 148 Å². The molecule has 2 fully saturated rings. The number of piperidine rings is 1. The number of carbonyl (C=O) groups excluding carboxylic acids is 3. The highest BCUT2D eigenvalue weighted by Gasteiger charge is 2.30. The second-order valence-corrected chi connectivity index (χ2v) is 7.36. The van der Waals surface area contributed by atoms with Crippen LogP contribution in [-0.4, -0.2) is 42.1 Å². The quantitative estimate of drug-likeness (QED) is 0.837. The highest BCUT2D eigenvalue weighted by molar-refractivity contribution is 6.00. The fourth-order valence-electron chi connectivity index (χ4n) is 3.40. The topological polar surface area (TPSA) is 66.5 Å². The molecule has 1 N–H and O–H groups in total. The molecule has 1 aliphatic carbocycles. The number of benzene rings is 1. The number of nitrogens with zero attached hydrogens (tertiary/aromatic N) is 1. The summed E-state index contributed by atoms with van der Waals surface area (Å²) in [6, 6.07) is 5.26. The Hall–Kier alpha value is -2.17. The Balaban J connectivity index is 1.66. The van der Waals surface area contributed by atoms with Gasteiger partial charge in [0.15, 0.2) is 5.78 Å². The van der Waals surface area contributed by atoms with Gasteiger partial charge in [-0.15, -0.1) is 0 Å². The van der Waals surface area contributed by atoms with E-state index in [1.54, 1.807) is 17.0 Å². The van der Waals surface area contributed by atoms with Gasteiger partial charge in [0.1, 0.15) is 0 Å². The van der Waals surface area contributed by atoms with Crippen LogP contribution in [0.2, 0.25) is 0 Å². The number of amides is 2. The molecule has 1 unspecified atom stereocenters. The standard InChI is InChI=1S/C20H26N2O3/c1-13-5-8-16(10-18(13)14(2)23)20(25)22-9-3-4-17(12-22)19(24)21-11-15-6-7-15/h5,8,10,15,17H,3-4,6-7,9,11-12H2,1-2H3,(H,21,24). The molecule has 1 aromatic rings. The number of hydrogen-bond acceptors (Lipinski definition) is 3. The van der Waals surface area contributed by atoms with Crippen LogP contribution in [0.3, 0.4) is 0 Å². The molecule has 25 heavy (non-hydrogen) atoms. The van der Waals surface area contributed by atoms with Gasteiger partial charge >= 0.3 is 0 Å². The molecule has 2 aliphatic rings. The first-order chi connectivity index (χ1) is 12.0. The van der Waals surface area contributed by atoms with E-state index in [1.165, 1.54) is 19.8 Å². The molecule has 5 heteroatoms. The van der Waals surface area contributed by atoms with Gasteiger partial charge in [-0.3, -0.25) is 14.4 Å². The average Bonchev–Trinajstić information content (AvgIpc) is 3.43. The first-order valence-corrected chi connectivity index (χ1v) is 9.14. The lowest BCUT2D eigenvalue weighted by Gasteiger charge is -2.32. The second kappa shape index (κ2) is 7.38. The van der Waals surface area contributed by atoms with E-state index in [0.717, 1.165) is 24.9 Å². The van der Waals surface area contributed by atoms with Crippen molar-refractivity contribution in [2.75, 3.05) is 19.6 Å². The predicted octanol–water partition coefficient (Wildman–Crippen LogP) is 2.58. The van der Waals surface area contributed by atoms with Gasteiger partial charge in [-0.2, -0.15) is 0 Å². The Kier molecular flexibility index (Phi) is 5.21. The van der Waals surface area contributed by atoms with Gasteiger partial charge in [0, 0.05) is 30.8 Å². The predicted molar refractivity (Wildman–Crippen MR) is 95.5 cm³/mol. The molecule has 1 atom stereocenters. The highest BCUT2D eigenvalue weighted by Crippen LogP contribution is 2.28. The van der Waals surface area contributed by atoms with Gasteiger partial charge < -0.3 is 10.2 Å². The van der Waals surface area contributed by atoms with Crippen LogP contribution in [0.4, 0.5) is 0 Å². The molecule has 5 nitrogen and oxygen atoms in total. The fourth-order valence-corrected chi connectivity index (χ4v) is 3.40. The molecule has 1 saturated heterocycles. The number of nitrogens with one attached hydrogen (secondary N) is 1. The minimum atomic E-state index is -0.130. The van der Waals surface area contributed by atoms with E-state index in [2.05, 4.69) is 5.32 Å². The SMILES string of the molecule is CC(=O)c1cc(C(=O)N2CCCC(C(=O)NCC3CC3)C2)ccc1C. The minimum absolute atomic E-state index is 0.0388. The Morgan fingerprint density at radius 3 is 2.64 bits per heavy atom. The van der Waals surface area contributed by atoms with Crippen LogP contribution in [0, 0.1) is 18.8 Å². The monoisotopic (exact) mass is 342 g/mol. The van der Waals surface area contributed by atoms with Crippen LogP contribution in [0.25, 0.3) is 0 Å². The molecule has 0 bridgehead atoms. The first-order valence-electron chi connectivity index (χ1n) is 9.14. The number of aryl methyl sites for hydroxylation is 1. The van der Waals surface area contributed by atoms with Crippen LogP contribution < -0.4 is 5.32 Å². The van der Waals surface area contributed by atoms with Crippen molar-refractivity contribution >= 4 is 17.6 Å². The number of ketones is 1. The van der Waals surface area contributed by atoms with Gasteiger partial charge in [0.2, 0.25) is 5.91 Å². The van der Waals surface area contributed by atoms with Crippen LogP contribution in [0.5, 0.6) is 0 Å². The molecule has 3 rings (SSSR count). The van der Waals surface area contributed by atoms with E-state index in [9.17, 15) is 14.4 Å². The molecular weight excluding hydrogens is 316 g/mol. The average molecular weight is 342 g/mol. The summed E-state index contributed by atoms with van der Waals surface area (Å²) in [5.74, 6) is 0.458. The lowest BCUT2D eigenvalue weighted by atomic mass is 9.95. The summed E-state index contributed by atoms with van der Waals surface area (Å²) in [5.41, 5.74) is 1.98. The third kappa shape index (κ3) is 4.27. The normalized spacial score (nSPS) is 20.2. The molecular formula is C20H26N2O3. The van der Waals surface area contributed by atoms with Gasteiger partial charge in [0.05, 0.1) is 5.92 Å². The van der Waals surface area contributed by atoms with Crippen LogP contribution >= 0.6 is 0 Å². The number of hydrogen-bond donors (Lipinski definition) is 1. The zero-order valence-electron chi connectivity index (χ0n) is 15.0. The molecule has 1 heterocycles. The lowest BCUT2D eigenvalue weighted by molar-refractivity contribution is -0.126. The zero-order chi connectivity index (χ0) is 18.0. The van der Waals surface area contributed by atoms with E-state index in [1.807, 2.05) is 13.0 Å². The molecule has 1 aromatic carbocycles. The fraction of sp³-hybridized carbons (Fsp3) is 0.550. The highest BCUT2D eigenvalue weighted by atomic mass is 16.2. The third-order valence-corrected chi connectivity index (χ3v) is 5.21. The first kappa shape index (κ1) is 17.6.